The molecular weight excluding hydrogens is 174 g/mol. The van der Waals surface area contributed by atoms with Gasteiger partial charge in [0.15, 0.2) is 0 Å². The van der Waals surface area contributed by atoms with E-state index in [0.29, 0.717) is 12.5 Å². The Kier molecular flexibility index (Phi) is 4.11. The summed E-state index contributed by atoms with van der Waals surface area (Å²) in [6.07, 6.45) is 1.04. The fourth-order valence-electron chi connectivity index (χ4n) is 1.68. The Labute approximate surface area is 85.9 Å². The van der Waals surface area contributed by atoms with Crippen molar-refractivity contribution in [1.29, 1.82) is 0 Å². The van der Waals surface area contributed by atoms with Crippen LogP contribution in [0, 0.1) is 0 Å². The van der Waals surface area contributed by atoms with Gasteiger partial charge in [-0.05, 0) is 29.0 Å². The fourth-order valence-corrected chi connectivity index (χ4v) is 1.68. The largest absolute Gasteiger partial charge is 0.316 e. The standard InChI is InChI=1S/C12H19NO/c1-4-10-5-6-12(9(2)3)11(7-10)8-13-14/h5-7,9,13-14H,4,8H2,1-3H3. The summed E-state index contributed by atoms with van der Waals surface area (Å²) in [5.41, 5.74) is 6.05. The second-order valence-corrected chi connectivity index (χ2v) is 3.88. The predicted molar refractivity (Wildman–Crippen MR) is 58.5 cm³/mol. The zero-order chi connectivity index (χ0) is 10.6. The van der Waals surface area contributed by atoms with Gasteiger partial charge in [0.25, 0.3) is 0 Å². The highest BCUT2D eigenvalue weighted by Gasteiger charge is 2.06. The molecule has 0 spiro atoms. The Bertz CT molecular complexity index is 294. The van der Waals surface area contributed by atoms with E-state index >= 15 is 0 Å². The molecule has 78 valence electrons. The van der Waals surface area contributed by atoms with Crippen LogP contribution in [0.2, 0.25) is 0 Å². The van der Waals surface area contributed by atoms with Crippen LogP contribution in [0.25, 0.3) is 0 Å². The first-order chi connectivity index (χ1) is 6.69. The molecule has 0 aliphatic heterocycles. The van der Waals surface area contributed by atoms with Crippen LogP contribution in [-0.2, 0) is 13.0 Å². The van der Waals surface area contributed by atoms with Crippen molar-refractivity contribution in [2.24, 2.45) is 0 Å². The maximum absolute atomic E-state index is 8.74. The van der Waals surface area contributed by atoms with Gasteiger partial charge in [-0.1, -0.05) is 39.0 Å². The third-order valence-corrected chi connectivity index (χ3v) is 2.51. The maximum atomic E-state index is 8.74. The molecule has 0 radical (unpaired) electrons. The van der Waals surface area contributed by atoms with E-state index in [1.165, 1.54) is 16.7 Å². The molecule has 2 N–H and O–H groups in total. The molecule has 2 heteroatoms. The molecule has 0 unspecified atom stereocenters. The maximum Gasteiger partial charge on any atom is 0.0461 e. The lowest BCUT2D eigenvalue weighted by Crippen LogP contribution is -2.09. The lowest BCUT2D eigenvalue weighted by atomic mass is 9.95. The van der Waals surface area contributed by atoms with Crippen molar-refractivity contribution in [3.8, 4) is 0 Å². The van der Waals surface area contributed by atoms with Gasteiger partial charge in [-0.3, -0.25) is 0 Å². The van der Waals surface area contributed by atoms with Gasteiger partial charge < -0.3 is 5.21 Å². The van der Waals surface area contributed by atoms with Gasteiger partial charge in [-0.25, -0.2) is 5.48 Å². The Morgan fingerprint density at radius 3 is 2.57 bits per heavy atom. The summed E-state index contributed by atoms with van der Waals surface area (Å²) in [5.74, 6) is 0.504. The second kappa shape index (κ2) is 5.13. The Morgan fingerprint density at radius 2 is 2.07 bits per heavy atom. The van der Waals surface area contributed by atoms with Gasteiger partial charge in [0.1, 0.15) is 0 Å². The smallest absolute Gasteiger partial charge is 0.0461 e. The minimum Gasteiger partial charge on any atom is -0.316 e. The Balaban J connectivity index is 3.03. The van der Waals surface area contributed by atoms with Crippen LogP contribution in [0.3, 0.4) is 0 Å². The van der Waals surface area contributed by atoms with E-state index in [1.807, 2.05) is 0 Å². The summed E-state index contributed by atoms with van der Waals surface area (Å²) in [7, 11) is 0. The number of rotatable bonds is 4. The van der Waals surface area contributed by atoms with E-state index < -0.39 is 0 Å². The van der Waals surface area contributed by atoms with E-state index in [9.17, 15) is 0 Å². The third kappa shape index (κ3) is 2.56. The van der Waals surface area contributed by atoms with E-state index in [2.05, 4.69) is 44.5 Å². The first-order valence-electron chi connectivity index (χ1n) is 5.17. The van der Waals surface area contributed by atoms with E-state index in [4.69, 9.17) is 5.21 Å². The molecule has 0 heterocycles. The van der Waals surface area contributed by atoms with Crippen molar-refractivity contribution in [3.63, 3.8) is 0 Å². The van der Waals surface area contributed by atoms with E-state index in [1.54, 1.807) is 0 Å². The van der Waals surface area contributed by atoms with Gasteiger partial charge in [0.05, 0.1) is 0 Å². The first-order valence-corrected chi connectivity index (χ1v) is 5.17. The zero-order valence-electron chi connectivity index (χ0n) is 9.17. The quantitative estimate of drug-likeness (QED) is 0.721. The fraction of sp³-hybridized carbons (Fsp3) is 0.500. The molecule has 2 nitrogen and oxygen atoms in total. The molecule has 14 heavy (non-hydrogen) atoms. The second-order valence-electron chi connectivity index (χ2n) is 3.88. The molecule has 0 aliphatic rings. The van der Waals surface area contributed by atoms with Crippen LogP contribution >= 0.6 is 0 Å². The lowest BCUT2D eigenvalue weighted by Gasteiger charge is -2.13. The molecule has 0 saturated heterocycles. The summed E-state index contributed by atoms with van der Waals surface area (Å²) in [5, 5.41) is 8.74. The highest BCUT2D eigenvalue weighted by atomic mass is 16.5. The number of aryl methyl sites for hydroxylation is 1. The molecule has 0 saturated carbocycles. The minimum atomic E-state index is 0.504. The SMILES string of the molecule is CCc1ccc(C(C)C)c(CNO)c1. The van der Waals surface area contributed by atoms with Crippen LogP contribution < -0.4 is 5.48 Å². The normalized spacial score (nSPS) is 10.9. The number of nitrogens with one attached hydrogen (secondary N) is 1. The van der Waals surface area contributed by atoms with Crippen molar-refractivity contribution >= 4 is 0 Å². The molecule has 0 aromatic heterocycles. The van der Waals surface area contributed by atoms with Crippen molar-refractivity contribution in [3.05, 3.63) is 34.9 Å². The summed E-state index contributed by atoms with van der Waals surface area (Å²) in [6.45, 7) is 7.01. The van der Waals surface area contributed by atoms with Gasteiger partial charge in [0, 0.05) is 6.54 Å². The highest BCUT2D eigenvalue weighted by Crippen LogP contribution is 2.21. The van der Waals surface area contributed by atoms with E-state index in [-0.39, 0.29) is 0 Å². The van der Waals surface area contributed by atoms with Crippen molar-refractivity contribution in [2.75, 3.05) is 0 Å². The van der Waals surface area contributed by atoms with Crippen LogP contribution in [0.15, 0.2) is 18.2 Å². The molecule has 0 aliphatic carbocycles. The topological polar surface area (TPSA) is 32.3 Å². The lowest BCUT2D eigenvalue weighted by molar-refractivity contribution is 0.161. The number of hydrogen-bond donors (Lipinski definition) is 2. The van der Waals surface area contributed by atoms with Crippen molar-refractivity contribution in [1.82, 2.24) is 5.48 Å². The van der Waals surface area contributed by atoms with Gasteiger partial charge in [0.2, 0.25) is 0 Å². The molecule has 1 rings (SSSR count). The average Bonchev–Trinajstić information content (AvgIpc) is 2.17. The van der Waals surface area contributed by atoms with Crippen molar-refractivity contribution < 1.29 is 5.21 Å². The third-order valence-electron chi connectivity index (χ3n) is 2.51. The monoisotopic (exact) mass is 193 g/mol. The predicted octanol–water partition coefficient (Wildman–Crippen LogP) is 2.85. The molecule has 1 aromatic rings. The summed E-state index contributed by atoms with van der Waals surface area (Å²) in [4.78, 5) is 0. The van der Waals surface area contributed by atoms with Crippen LogP contribution in [0.5, 0.6) is 0 Å². The van der Waals surface area contributed by atoms with Gasteiger partial charge in [-0.15, -0.1) is 0 Å². The number of benzene rings is 1. The molecule has 0 atom stereocenters. The zero-order valence-corrected chi connectivity index (χ0v) is 9.17. The summed E-state index contributed by atoms with van der Waals surface area (Å²) >= 11 is 0. The molecule has 0 fully saturated rings. The van der Waals surface area contributed by atoms with Gasteiger partial charge >= 0.3 is 0 Å². The highest BCUT2D eigenvalue weighted by molar-refractivity contribution is 5.34. The Hall–Kier alpha value is -0.860. The van der Waals surface area contributed by atoms with Crippen LogP contribution in [0.1, 0.15) is 43.4 Å². The Morgan fingerprint density at radius 1 is 1.36 bits per heavy atom. The summed E-state index contributed by atoms with van der Waals surface area (Å²) in [6, 6.07) is 6.49. The van der Waals surface area contributed by atoms with Crippen LogP contribution in [0.4, 0.5) is 0 Å². The first kappa shape index (κ1) is 11.2. The average molecular weight is 193 g/mol. The minimum absolute atomic E-state index is 0.504. The summed E-state index contributed by atoms with van der Waals surface area (Å²) < 4.78 is 0. The molecular formula is C12H19NO. The molecule has 0 bridgehead atoms. The molecule has 0 amide bonds. The van der Waals surface area contributed by atoms with Crippen LogP contribution in [-0.4, -0.2) is 5.21 Å². The molecule has 1 aromatic carbocycles. The van der Waals surface area contributed by atoms with Crippen molar-refractivity contribution in [2.45, 2.75) is 39.7 Å². The van der Waals surface area contributed by atoms with E-state index in [0.717, 1.165) is 6.42 Å². The number of hydrogen-bond acceptors (Lipinski definition) is 2. The van der Waals surface area contributed by atoms with Gasteiger partial charge in [-0.2, -0.15) is 0 Å². The number of hydroxylamine groups is 1.